The van der Waals surface area contributed by atoms with Crippen molar-refractivity contribution in [2.24, 2.45) is 0 Å². The second kappa shape index (κ2) is 8.59. The van der Waals surface area contributed by atoms with Crippen molar-refractivity contribution in [1.29, 1.82) is 0 Å². The highest BCUT2D eigenvalue weighted by atomic mass is 32.2. The van der Waals surface area contributed by atoms with Gasteiger partial charge in [0.2, 0.25) is 5.78 Å². The maximum atomic E-state index is 10.9. The molecule has 0 fully saturated rings. The van der Waals surface area contributed by atoms with Crippen molar-refractivity contribution in [3.05, 3.63) is 42.5 Å². The fraction of sp³-hybridized carbons (Fsp3) is 0.333. The van der Waals surface area contributed by atoms with Crippen molar-refractivity contribution in [2.45, 2.75) is 37.0 Å². The molecule has 2 rings (SSSR count). The summed E-state index contributed by atoms with van der Waals surface area (Å²) in [7, 11) is 0. The zero-order valence-corrected chi connectivity index (χ0v) is 13.3. The Morgan fingerprint density at radius 1 is 0.909 bits per heavy atom. The van der Waals surface area contributed by atoms with Gasteiger partial charge >= 0.3 is 5.97 Å². The van der Waals surface area contributed by atoms with Gasteiger partial charge in [0.1, 0.15) is 0 Å². The fourth-order valence-electron chi connectivity index (χ4n) is 2.30. The third-order valence-electron chi connectivity index (χ3n) is 3.53. The lowest BCUT2D eigenvalue weighted by Crippen LogP contribution is -2.11. The van der Waals surface area contributed by atoms with Crippen LogP contribution in [0.4, 0.5) is 0 Å². The Hall–Kier alpha value is -1.81. The Balaban J connectivity index is 1.64. The number of carbonyl (C=O) groups excluding carboxylic acids is 1. The first kappa shape index (κ1) is 16.6. The van der Waals surface area contributed by atoms with Gasteiger partial charge < -0.3 is 5.11 Å². The summed E-state index contributed by atoms with van der Waals surface area (Å²) in [6.07, 6.45) is 3.86. The normalized spacial score (nSPS) is 10.7. The van der Waals surface area contributed by atoms with Crippen LogP contribution < -0.4 is 0 Å². The SMILES string of the molecule is O=C(O)C(=O)CCCCCCSc1ccc2ccccc2c1. The number of thioether (sulfide) groups is 1. The number of ketones is 1. The van der Waals surface area contributed by atoms with E-state index >= 15 is 0 Å². The summed E-state index contributed by atoms with van der Waals surface area (Å²) < 4.78 is 0. The second-order valence-corrected chi connectivity index (χ2v) is 6.42. The van der Waals surface area contributed by atoms with Gasteiger partial charge in [-0.1, -0.05) is 43.2 Å². The molecule has 2 aromatic carbocycles. The van der Waals surface area contributed by atoms with Gasteiger partial charge in [-0.15, -0.1) is 11.8 Å². The first-order valence-electron chi connectivity index (χ1n) is 7.54. The predicted molar refractivity (Wildman–Crippen MR) is 90.4 cm³/mol. The molecule has 22 heavy (non-hydrogen) atoms. The van der Waals surface area contributed by atoms with E-state index in [1.165, 1.54) is 15.7 Å². The molecule has 116 valence electrons. The van der Waals surface area contributed by atoms with Crippen LogP contribution in [0.5, 0.6) is 0 Å². The van der Waals surface area contributed by atoms with Crippen molar-refractivity contribution >= 4 is 34.3 Å². The van der Waals surface area contributed by atoms with Gasteiger partial charge in [-0.3, -0.25) is 4.79 Å². The van der Waals surface area contributed by atoms with Crippen LogP contribution in [-0.4, -0.2) is 22.6 Å². The molecule has 0 aliphatic carbocycles. The fourth-order valence-corrected chi connectivity index (χ4v) is 3.25. The van der Waals surface area contributed by atoms with Crippen LogP contribution in [0, 0.1) is 0 Å². The molecule has 0 unspecified atom stereocenters. The van der Waals surface area contributed by atoms with Gasteiger partial charge in [-0.25, -0.2) is 4.79 Å². The van der Waals surface area contributed by atoms with Gasteiger partial charge in [-0.2, -0.15) is 0 Å². The van der Waals surface area contributed by atoms with Crippen LogP contribution in [0.15, 0.2) is 47.4 Å². The highest BCUT2D eigenvalue weighted by Crippen LogP contribution is 2.24. The van der Waals surface area contributed by atoms with Crippen LogP contribution >= 0.6 is 11.8 Å². The molecular weight excluding hydrogens is 296 g/mol. The number of carbonyl (C=O) groups is 2. The van der Waals surface area contributed by atoms with Crippen molar-refractivity contribution in [1.82, 2.24) is 0 Å². The van der Waals surface area contributed by atoms with E-state index in [1.54, 1.807) is 0 Å². The van der Waals surface area contributed by atoms with E-state index in [0.717, 1.165) is 25.0 Å². The second-order valence-electron chi connectivity index (χ2n) is 5.25. The Bertz CT molecular complexity index is 652. The van der Waals surface area contributed by atoms with Crippen LogP contribution in [0.25, 0.3) is 10.8 Å². The molecule has 0 aromatic heterocycles. The highest BCUT2D eigenvalue weighted by Gasteiger charge is 2.09. The van der Waals surface area contributed by atoms with E-state index in [9.17, 15) is 9.59 Å². The van der Waals surface area contributed by atoms with E-state index < -0.39 is 11.8 Å². The van der Waals surface area contributed by atoms with Gasteiger partial charge in [0.05, 0.1) is 0 Å². The van der Waals surface area contributed by atoms with Crippen LogP contribution in [0.1, 0.15) is 32.1 Å². The minimum atomic E-state index is -1.31. The third kappa shape index (κ3) is 5.19. The van der Waals surface area contributed by atoms with E-state index in [4.69, 9.17) is 5.11 Å². The first-order chi connectivity index (χ1) is 10.7. The average molecular weight is 316 g/mol. The lowest BCUT2D eigenvalue weighted by atomic mass is 10.1. The van der Waals surface area contributed by atoms with Crippen LogP contribution in [0.3, 0.4) is 0 Å². The summed E-state index contributed by atoms with van der Waals surface area (Å²) in [5, 5.41) is 11.0. The lowest BCUT2D eigenvalue weighted by molar-refractivity contribution is -0.149. The zero-order valence-electron chi connectivity index (χ0n) is 12.5. The maximum absolute atomic E-state index is 10.9. The van der Waals surface area contributed by atoms with Crippen molar-refractivity contribution in [3.63, 3.8) is 0 Å². The Morgan fingerprint density at radius 3 is 2.41 bits per heavy atom. The van der Waals surface area contributed by atoms with E-state index in [2.05, 4.69) is 36.4 Å². The molecule has 0 amide bonds. The molecule has 3 nitrogen and oxygen atoms in total. The molecule has 0 saturated heterocycles. The molecule has 0 aliphatic rings. The maximum Gasteiger partial charge on any atom is 0.372 e. The summed E-state index contributed by atoms with van der Waals surface area (Å²) in [6, 6.07) is 14.8. The lowest BCUT2D eigenvalue weighted by Gasteiger charge is -2.04. The average Bonchev–Trinajstić information content (AvgIpc) is 2.53. The van der Waals surface area contributed by atoms with Gasteiger partial charge in [0, 0.05) is 11.3 Å². The molecule has 0 bridgehead atoms. The molecule has 4 heteroatoms. The van der Waals surface area contributed by atoms with Gasteiger partial charge in [-0.05, 0) is 41.5 Å². The third-order valence-corrected chi connectivity index (χ3v) is 4.61. The molecular formula is C18H20O3S. The van der Waals surface area contributed by atoms with Gasteiger partial charge in [0.15, 0.2) is 0 Å². The Kier molecular flexibility index (Phi) is 6.46. The molecule has 1 N–H and O–H groups in total. The Morgan fingerprint density at radius 2 is 1.64 bits per heavy atom. The summed E-state index contributed by atoms with van der Waals surface area (Å²) in [5.41, 5.74) is 0. The number of hydrogen-bond acceptors (Lipinski definition) is 3. The largest absolute Gasteiger partial charge is 0.476 e. The number of rotatable bonds is 9. The summed E-state index contributed by atoms with van der Waals surface area (Å²) in [5.74, 6) is -0.942. The predicted octanol–water partition coefficient (Wildman–Crippen LogP) is 4.54. The Labute approximate surface area is 134 Å². The first-order valence-corrected chi connectivity index (χ1v) is 8.53. The van der Waals surface area contributed by atoms with E-state index in [-0.39, 0.29) is 6.42 Å². The minimum Gasteiger partial charge on any atom is -0.476 e. The van der Waals surface area contributed by atoms with E-state index in [0.29, 0.717) is 6.42 Å². The number of carboxylic acids is 1. The van der Waals surface area contributed by atoms with E-state index in [1.807, 2.05) is 17.8 Å². The number of benzene rings is 2. The molecule has 0 aliphatic heterocycles. The molecule has 0 spiro atoms. The number of Topliss-reactive ketones (excluding diaryl/α,β-unsaturated/α-hetero) is 1. The smallest absolute Gasteiger partial charge is 0.372 e. The summed E-state index contributed by atoms with van der Waals surface area (Å²) in [6.45, 7) is 0. The quantitative estimate of drug-likeness (QED) is 0.419. The summed E-state index contributed by atoms with van der Waals surface area (Å²) >= 11 is 1.84. The van der Waals surface area contributed by atoms with Crippen LogP contribution in [0.2, 0.25) is 0 Å². The van der Waals surface area contributed by atoms with Crippen molar-refractivity contribution in [2.75, 3.05) is 5.75 Å². The molecule has 2 aromatic rings. The van der Waals surface area contributed by atoms with Crippen molar-refractivity contribution in [3.8, 4) is 0 Å². The minimum absolute atomic E-state index is 0.160. The number of carboxylic acid groups (broad SMARTS) is 1. The van der Waals surface area contributed by atoms with Crippen LogP contribution in [-0.2, 0) is 9.59 Å². The van der Waals surface area contributed by atoms with Gasteiger partial charge in [0.25, 0.3) is 0 Å². The number of fused-ring (bicyclic) bond motifs is 1. The molecule has 0 saturated carbocycles. The number of aliphatic carboxylic acids is 1. The number of hydrogen-bond donors (Lipinski definition) is 1. The zero-order chi connectivity index (χ0) is 15.8. The topological polar surface area (TPSA) is 54.4 Å². The highest BCUT2D eigenvalue weighted by molar-refractivity contribution is 7.99. The molecule has 0 radical (unpaired) electrons. The van der Waals surface area contributed by atoms with Crippen molar-refractivity contribution < 1.29 is 14.7 Å². The molecule has 0 heterocycles. The standard InChI is InChI=1S/C18H20O3S/c19-17(18(20)21)9-3-1-2-6-12-22-16-11-10-14-7-4-5-8-15(14)13-16/h4-5,7-8,10-11,13H,1-3,6,9,12H2,(H,20,21). The summed E-state index contributed by atoms with van der Waals surface area (Å²) in [4.78, 5) is 22.6. The number of unbranched alkanes of at least 4 members (excludes halogenated alkanes) is 3. The monoisotopic (exact) mass is 316 g/mol. The molecule has 0 atom stereocenters.